The van der Waals surface area contributed by atoms with E-state index < -0.39 is 16.1 Å². The van der Waals surface area contributed by atoms with E-state index >= 15 is 0 Å². The number of carbonyl (C=O) groups is 1. The lowest BCUT2D eigenvalue weighted by Gasteiger charge is -2.11. The van der Waals surface area contributed by atoms with Crippen LogP contribution in [0.5, 0.6) is 5.75 Å². The Labute approximate surface area is 145 Å². The highest BCUT2D eigenvalue weighted by Gasteiger charge is 2.28. The van der Waals surface area contributed by atoms with Crippen LogP contribution in [0.2, 0.25) is 0 Å². The second kappa shape index (κ2) is 7.12. The quantitative estimate of drug-likeness (QED) is 0.685. The summed E-state index contributed by atoms with van der Waals surface area (Å²) in [6.07, 6.45) is 0.839. The second-order valence-electron chi connectivity index (χ2n) is 5.76. The number of amides is 1. The van der Waals surface area contributed by atoms with E-state index in [1.807, 2.05) is 30.3 Å². The first-order valence-electron chi connectivity index (χ1n) is 7.77. The predicted molar refractivity (Wildman–Crippen MR) is 91.7 cm³/mol. The fourth-order valence-electron chi connectivity index (χ4n) is 2.14. The molecule has 1 amide bonds. The lowest BCUT2D eigenvalue weighted by molar-refractivity contribution is 0.155. The van der Waals surface area contributed by atoms with Crippen LogP contribution in [-0.2, 0) is 21.4 Å². The lowest BCUT2D eigenvalue weighted by Crippen LogP contribution is -2.25. The number of carbonyl (C=O) groups excluding carboxylic acids is 1. The minimum Gasteiger partial charge on any atom is -0.506 e. The topological polar surface area (TPSA) is 105 Å². The predicted octanol–water partition coefficient (Wildman–Crippen LogP) is 2.58. The van der Waals surface area contributed by atoms with Gasteiger partial charge in [0.2, 0.25) is 10.0 Å². The standard InChI is InChI=1S/C17H18N2O5S/c20-16-9-8-14(25(22,23)19-13-6-7-13)10-15(16)18-17(21)24-11-12-4-2-1-3-5-12/h1-5,8-10,13,19-20H,6-7,11H2,(H,18,21). The van der Waals surface area contributed by atoms with Crippen LogP contribution in [-0.4, -0.2) is 25.7 Å². The van der Waals surface area contributed by atoms with E-state index in [2.05, 4.69) is 10.0 Å². The molecule has 3 rings (SSSR count). The molecule has 1 aliphatic carbocycles. The highest BCUT2D eigenvalue weighted by Crippen LogP contribution is 2.28. The number of nitrogens with one attached hydrogen (secondary N) is 2. The van der Waals surface area contributed by atoms with Crippen molar-refractivity contribution >= 4 is 21.8 Å². The van der Waals surface area contributed by atoms with Crippen LogP contribution < -0.4 is 10.0 Å². The fourth-order valence-corrected chi connectivity index (χ4v) is 3.47. The molecule has 2 aromatic carbocycles. The number of phenolic OH excluding ortho intramolecular Hbond substituents is 1. The van der Waals surface area contributed by atoms with Crippen LogP contribution in [0.25, 0.3) is 0 Å². The van der Waals surface area contributed by atoms with E-state index in [9.17, 15) is 18.3 Å². The molecule has 2 aromatic rings. The van der Waals surface area contributed by atoms with Crippen LogP contribution in [0, 0.1) is 0 Å². The van der Waals surface area contributed by atoms with E-state index in [0.717, 1.165) is 18.4 Å². The number of ether oxygens (including phenoxy) is 1. The Kier molecular flexibility index (Phi) is 4.91. The minimum atomic E-state index is -3.68. The lowest BCUT2D eigenvalue weighted by atomic mass is 10.2. The Morgan fingerprint density at radius 3 is 2.56 bits per heavy atom. The van der Waals surface area contributed by atoms with Crippen molar-refractivity contribution in [2.24, 2.45) is 0 Å². The third-order valence-electron chi connectivity index (χ3n) is 3.63. The van der Waals surface area contributed by atoms with Crippen LogP contribution in [0.4, 0.5) is 10.5 Å². The molecule has 0 aromatic heterocycles. The van der Waals surface area contributed by atoms with Gasteiger partial charge in [-0.05, 0) is 36.6 Å². The molecule has 8 heteroatoms. The molecule has 0 aliphatic heterocycles. The summed E-state index contributed by atoms with van der Waals surface area (Å²) >= 11 is 0. The number of anilines is 1. The zero-order chi connectivity index (χ0) is 17.9. The first kappa shape index (κ1) is 17.2. The molecule has 7 nitrogen and oxygen atoms in total. The molecule has 0 unspecified atom stereocenters. The maximum absolute atomic E-state index is 12.2. The average Bonchev–Trinajstić information content (AvgIpc) is 3.39. The molecule has 1 fully saturated rings. The smallest absolute Gasteiger partial charge is 0.412 e. The van der Waals surface area contributed by atoms with E-state index in [0.29, 0.717) is 0 Å². The van der Waals surface area contributed by atoms with Gasteiger partial charge in [0.15, 0.2) is 0 Å². The summed E-state index contributed by atoms with van der Waals surface area (Å²) < 4.78 is 32.0. The number of sulfonamides is 1. The van der Waals surface area contributed by atoms with Gasteiger partial charge in [0.05, 0.1) is 10.6 Å². The molecule has 0 radical (unpaired) electrons. The van der Waals surface area contributed by atoms with Gasteiger partial charge in [-0.15, -0.1) is 0 Å². The van der Waals surface area contributed by atoms with E-state index in [1.54, 1.807) is 0 Å². The molecule has 1 saturated carbocycles. The average molecular weight is 362 g/mol. The molecule has 1 aliphatic rings. The van der Waals surface area contributed by atoms with Crippen LogP contribution in [0.1, 0.15) is 18.4 Å². The Bertz CT molecular complexity index is 864. The number of phenols is 1. The fraction of sp³-hybridized carbons (Fsp3) is 0.235. The highest BCUT2D eigenvalue weighted by atomic mass is 32.2. The summed E-state index contributed by atoms with van der Waals surface area (Å²) in [7, 11) is -3.68. The van der Waals surface area contributed by atoms with Gasteiger partial charge in [0.1, 0.15) is 12.4 Å². The summed E-state index contributed by atoms with van der Waals surface area (Å²) in [5.74, 6) is -0.248. The highest BCUT2D eigenvalue weighted by molar-refractivity contribution is 7.89. The number of hydrogen-bond donors (Lipinski definition) is 3. The zero-order valence-electron chi connectivity index (χ0n) is 13.3. The summed E-state index contributed by atoms with van der Waals surface area (Å²) in [6.45, 7) is 0.0641. The zero-order valence-corrected chi connectivity index (χ0v) is 14.1. The van der Waals surface area contributed by atoms with Gasteiger partial charge >= 0.3 is 6.09 Å². The third kappa shape index (κ3) is 4.71. The molecule has 0 bridgehead atoms. The van der Waals surface area contributed by atoms with Crippen molar-refractivity contribution in [3.8, 4) is 5.75 Å². The summed E-state index contributed by atoms with van der Waals surface area (Å²) in [4.78, 5) is 11.8. The maximum Gasteiger partial charge on any atom is 0.412 e. The molecular formula is C17H18N2O5S. The Balaban J connectivity index is 1.67. The van der Waals surface area contributed by atoms with Crippen molar-refractivity contribution in [3.05, 3.63) is 54.1 Å². The molecule has 0 saturated heterocycles. The third-order valence-corrected chi connectivity index (χ3v) is 5.15. The molecule has 132 valence electrons. The second-order valence-corrected chi connectivity index (χ2v) is 7.48. The summed E-state index contributed by atoms with van der Waals surface area (Å²) in [5.41, 5.74) is 0.781. The Hall–Kier alpha value is -2.58. The van der Waals surface area contributed by atoms with Gasteiger partial charge in [0.25, 0.3) is 0 Å². The number of benzene rings is 2. The molecule has 3 N–H and O–H groups in total. The maximum atomic E-state index is 12.2. The van der Waals surface area contributed by atoms with E-state index in [4.69, 9.17) is 4.74 Å². The Morgan fingerprint density at radius 1 is 1.16 bits per heavy atom. The van der Waals surface area contributed by atoms with E-state index in [1.165, 1.54) is 18.2 Å². The molecule has 25 heavy (non-hydrogen) atoms. The van der Waals surface area contributed by atoms with Gasteiger partial charge in [-0.2, -0.15) is 0 Å². The first-order chi connectivity index (χ1) is 11.9. The van der Waals surface area contributed by atoms with Gasteiger partial charge in [-0.1, -0.05) is 30.3 Å². The van der Waals surface area contributed by atoms with Crippen molar-refractivity contribution in [3.63, 3.8) is 0 Å². The molecule has 0 heterocycles. The van der Waals surface area contributed by atoms with Crippen molar-refractivity contribution in [1.82, 2.24) is 4.72 Å². The van der Waals surface area contributed by atoms with Crippen LogP contribution in [0.3, 0.4) is 0 Å². The first-order valence-corrected chi connectivity index (χ1v) is 9.25. The van der Waals surface area contributed by atoms with Gasteiger partial charge in [-0.3, -0.25) is 5.32 Å². The van der Waals surface area contributed by atoms with Gasteiger partial charge < -0.3 is 9.84 Å². The SMILES string of the molecule is O=C(Nc1cc(S(=O)(=O)NC2CC2)ccc1O)OCc1ccccc1. The Morgan fingerprint density at radius 2 is 1.88 bits per heavy atom. The minimum absolute atomic E-state index is 0.0308. The largest absolute Gasteiger partial charge is 0.506 e. The van der Waals surface area contributed by atoms with Crippen LogP contribution >= 0.6 is 0 Å². The van der Waals surface area contributed by atoms with Crippen molar-refractivity contribution in [2.45, 2.75) is 30.4 Å². The molecule has 0 spiro atoms. The van der Waals surface area contributed by atoms with E-state index in [-0.39, 0.29) is 29.0 Å². The molecular weight excluding hydrogens is 344 g/mol. The van der Waals surface area contributed by atoms with Gasteiger partial charge in [0, 0.05) is 6.04 Å². The van der Waals surface area contributed by atoms with Crippen molar-refractivity contribution < 1.29 is 23.1 Å². The number of aromatic hydroxyl groups is 1. The molecule has 0 atom stereocenters. The van der Waals surface area contributed by atoms with Crippen molar-refractivity contribution in [1.29, 1.82) is 0 Å². The summed E-state index contributed by atoms with van der Waals surface area (Å²) in [6, 6.07) is 12.8. The number of rotatable bonds is 6. The van der Waals surface area contributed by atoms with Gasteiger partial charge in [-0.25, -0.2) is 17.9 Å². The van der Waals surface area contributed by atoms with Crippen LogP contribution in [0.15, 0.2) is 53.4 Å². The monoisotopic (exact) mass is 362 g/mol. The number of hydrogen-bond acceptors (Lipinski definition) is 5. The summed E-state index contributed by atoms with van der Waals surface area (Å²) in [5, 5.41) is 12.2. The normalized spacial score (nSPS) is 14.1. The van der Waals surface area contributed by atoms with Crippen molar-refractivity contribution in [2.75, 3.05) is 5.32 Å².